The molecule has 0 unspecified atom stereocenters. The van der Waals surface area contributed by atoms with Crippen LogP contribution in [0.3, 0.4) is 0 Å². The van der Waals surface area contributed by atoms with Gasteiger partial charge >= 0.3 is 6.03 Å². The summed E-state index contributed by atoms with van der Waals surface area (Å²) in [5.74, 6) is -0.993. The van der Waals surface area contributed by atoms with Crippen LogP contribution in [0, 0.1) is 17.2 Å². The van der Waals surface area contributed by atoms with Crippen LogP contribution in [0.2, 0.25) is 0 Å². The molecular weight excluding hydrogens is 320 g/mol. The molecule has 25 heavy (non-hydrogen) atoms. The monoisotopic (exact) mass is 340 g/mol. The van der Waals surface area contributed by atoms with Crippen LogP contribution in [0.15, 0.2) is 24.3 Å². The van der Waals surface area contributed by atoms with Crippen molar-refractivity contribution >= 4 is 17.8 Å². The first-order valence-corrected chi connectivity index (χ1v) is 8.30. The van der Waals surface area contributed by atoms with Crippen LogP contribution in [0.4, 0.5) is 4.79 Å². The maximum atomic E-state index is 12.9. The van der Waals surface area contributed by atoms with Gasteiger partial charge < -0.3 is 10.6 Å². The summed E-state index contributed by atoms with van der Waals surface area (Å²) >= 11 is 0. The first-order chi connectivity index (χ1) is 11.9. The summed E-state index contributed by atoms with van der Waals surface area (Å²) in [4.78, 5) is 38.4. The van der Waals surface area contributed by atoms with E-state index in [1.165, 1.54) is 0 Å². The molecule has 1 aromatic carbocycles. The number of nitriles is 1. The second-order valence-corrected chi connectivity index (χ2v) is 6.80. The van der Waals surface area contributed by atoms with E-state index >= 15 is 0 Å². The third kappa shape index (κ3) is 2.74. The number of amides is 4. The van der Waals surface area contributed by atoms with Crippen LogP contribution < -0.4 is 10.6 Å². The van der Waals surface area contributed by atoms with Crippen molar-refractivity contribution < 1.29 is 14.4 Å². The number of carbonyl (C=O) groups is 3. The summed E-state index contributed by atoms with van der Waals surface area (Å²) in [7, 11) is 0. The Labute approximate surface area is 146 Å². The summed E-state index contributed by atoms with van der Waals surface area (Å²) in [5, 5.41) is 14.4. The molecule has 2 atom stereocenters. The van der Waals surface area contributed by atoms with Gasteiger partial charge in [0.15, 0.2) is 0 Å². The lowest BCUT2D eigenvalue weighted by atomic mass is 9.92. The Morgan fingerprint density at radius 3 is 2.80 bits per heavy atom. The second kappa shape index (κ2) is 6.20. The van der Waals surface area contributed by atoms with Gasteiger partial charge in [-0.3, -0.25) is 14.5 Å². The predicted octanol–water partition coefficient (Wildman–Crippen LogP) is 1.04. The van der Waals surface area contributed by atoms with Crippen LogP contribution >= 0.6 is 0 Å². The third-order valence-corrected chi connectivity index (χ3v) is 4.85. The molecule has 1 fully saturated rings. The fraction of sp³-hybridized carbons (Fsp3) is 0.444. The van der Waals surface area contributed by atoms with Crippen LogP contribution in [-0.2, 0) is 21.5 Å². The molecule has 130 valence electrons. The SMILES string of the molecule is CC(C)[C@@H](C#N)NC(=O)CN1C(=O)N[C@]2(CCc3ccccc32)C1=O. The van der Waals surface area contributed by atoms with Crippen LogP contribution in [0.25, 0.3) is 0 Å². The molecule has 0 bridgehead atoms. The van der Waals surface area contributed by atoms with Gasteiger partial charge in [0.1, 0.15) is 18.1 Å². The molecule has 1 aromatic rings. The molecule has 1 aliphatic carbocycles. The van der Waals surface area contributed by atoms with E-state index in [4.69, 9.17) is 5.26 Å². The lowest BCUT2D eigenvalue weighted by Crippen LogP contribution is -2.46. The minimum absolute atomic E-state index is 0.0647. The number of urea groups is 1. The summed E-state index contributed by atoms with van der Waals surface area (Å²) in [6.07, 6.45) is 1.19. The van der Waals surface area contributed by atoms with E-state index < -0.39 is 29.4 Å². The lowest BCUT2D eigenvalue weighted by molar-refractivity contribution is -0.135. The number of carbonyl (C=O) groups excluding carboxylic acids is 3. The van der Waals surface area contributed by atoms with E-state index in [1.54, 1.807) is 0 Å². The number of fused-ring (bicyclic) bond motifs is 2. The van der Waals surface area contributed by atoms with Crippen molar-refractivity contribution in [3.05, 3.63) is 35.4 Å². The molecular formula is C18H20N4O3. The molecule has 0 aromatic heterocycles. The summed E-state index contributed by atoms with van der Waals surface area (Å²) in [5.41, 5.74) is 0.765. The zero-order valence-electron chi connectivity index (χ0n) is 14.2. The van der Waals surface area contributed by atoms with E-state index in [0.717, 1.165) is 16.0 Å². The highest BCUT2D eigenvalue weighted by Crippen LogP contribution is 2.41. The molecule has 0 saturated carbocycles. The quantitative estimate of drug-likeness (QED) is 0.800. The topological polar surface area (TPSA) is 102 Å². The van der Waals surface area contributed by atoms with Crippen molar-refractivity contribution in [2.75, 3.05) is 6.54 Å². The largest absolute Gasteiger partial charge is 0.339 e. The Kier molecular flexibility index (Phi) is 4.21. The molecule has 0 radical (unpaired) electrons. The van der Waals surface area contributed by atoms with Gasteiger partial charge in [-0.1, -0.05) is 38.1 Å². The van der Waals surface area contributed by atoms with Gasteiger partial charge in [-0.25, -0.2) is 4.79 Å². The molecule has 2 N–H and O–H groups in total. The lowest BCUT2D eigenvalue weighted by Gasteiger charge is -2.22. The van der Waals surface area contributed by atoms with Crippen molar-refractivity contribution in [1.29, 1.82) is 5.26 Å². The summed E-state index contributed by atoms with van der Waals surface area (Å²) < 4.78 is 0. The number of nitrogens with zero attached hydrogens (tertiary/aromatic N) is 2. The predicted molar refractivity (Wildman–Crippen MR) is 89.1 cm³/mol. The number of imide groups is 1. The molecule has 1 saturated heterocycles. The third-order valence-electron chi connectivity index (χ3n) is 4.85. The van der Waals surface area contributed by atoms with Gasteiger partial charge in [0.05, 0.1) is 6.07 Å². The van der Waals surface area contributed by atoms with Crippen LogP contribution in [-0.4, -0.2) is 35.3 Å². The van der Waals surface area contributed by atoms with Crippen molar-refractivity contribution in [1.82, 2.24) is 15.5 Å². The average Bonchev–Trinajstić information content (AvgIpc) is 3.06. The standard InChI is InChI=1S/C18H20N4O3/c1-11(2)14(9-19)20-15(23)10-22-16(24)18(21-17(22)25)8-7-12-5-3-4-6-13(12)18/h3-6,11,14H,7-8,10H2,1-2H3,(H,20,23)(H,21,25)/t14-,18+/m1/s1. The molecule has 1 heterocycles. The van der Waals surface area contributed by atoms with Crippen molar-refractivity contribution in [3.63, 3.8) is 0 Å². The second-order valence-electron chi connectivity index (χ2n) is 6.80. The van der Waals surface area contributed by atoms with Crippen LogP contribution in [0.5, 0.6) is 0 Å². The minimum Gasteiger partial charge on any atom is -0.339 e. The number of hydrogen-bond acceptors (Lipinski definition) is 4. The number of aryl methyl sites for hydroxylation is 1. The first kappa shape index (κ1) is 17.0. The van der Waals surface area contributed by atoms with Gasteiger partial charge in [-0.2, -0.15) is 5.26 Å². The molecule has 2 aliphatic rings. The van der Waals surface area contributed by atoms with Gasteiger partial charge in [-0.05, 0) is 29.9 Å². The fourth-order valence-electron chi connectivity index (χ4n) is 3.44. The van der Waals surface area contributed by atoms with Gasteiger partial charge in [-0.15, -0.1) is 0 Å². The Balaban J connectivity index is 1.77. The Bertz CT molecular complexity index is 783. The maximum absolute atomic E-state index is 12.9. The highest BCUT2D eigenvalue weighted by Gasteiger charge is 2.55. The zero-order chi connectivity index (χ0) is 18.2. The van der Waals surface area contributed by atoms with E-state index in [-0.39, 0.29) is 12.5 Å². The van der Waals surface area contributed by atoms with Crippen LogP contribution in [0.1, 0.15) is 31.4 Å². The molecule has 3 rings (SSSR count). The number of hydrogen-bond donors (Lipinski definition) is 2. The van der Waals surface area contributed by atoms with Crippen molar-refractivity contribution in [2.45, 2.75) is 38.3 Å². The van der Waals surface area contributed by atoms with Gasteiger partial charge in [0.2, 0.25) is 5.91 Å². The Morgan fingerprint density at radius 1 is 1.40 bits per heavy atom. The van der Waals surface area contributed by atoms with Gasteiger partial charge in [0, 0.05) is 0 Å². The van der Waals surface area contributed by atoms with Gasteiger partial charge in [0.25, 0.3) is 5.91 Å². The van der Waals surface area contributed by atoms with Crippen molar-refractivity contribution in [2.24, 2.45) is 5.92 Å². The molecule has 1 spiro atoms. The van der Waals surface area contributed by atoms with Crippen molar-refractivity contribution in [3.8, 4) is 6.07 Å². The highest BCUT2D eigenvalue weighted by molar-refractivity contribution is 6.09. The molecule has 1 aliphatic heterocycles. The molecule has 7 heteroatoms. The Hall–Kier alpha value is -2.88. The zero-order valence-corrected chi connectivity index (χ0v) is 14.2. The normalized spacial score (nSPS) is 22.7. The number of benzene rings is 1. The number of rotatable bonds is 4. The average molecular weight is 340 g/mol. The number of nitrogens with one attached hydrogen (secondary N) is 2. The summed E-state index contributed by atoms with van der Waals surface area (Å²) in [6.45, 7) is 3.23. The molecule has 7 nitrogen and oxygen atoms in total. The fourth-order valence-corrected chi connectivity index (χ4v) is 3.44. The molecule has 4 amide bonds. The summed E-state index contributed by atoms with van der Waals surface area (Å²) in [6, 6.07) is 8.29. The van der Waals surface area contributed by atoms with E-state index in [2.05, 4.69) is 10.6 Å². The smallest absolute Gasteiger partial charge is 0.325 e. The van der Waals surface area contributed by atoms with E-state index in [1.807, 2.05) is 44.2 Å². The Morgan fingerprint density at radius 2 is 2.12 bits per heavy atom. The van der Waals surface area contributed by atoms with E-state index in [0.29, 0.717) is 12.8 Å². The van der Waals surface area contributed by atoms with E-state index in [9.17, 15) is 14.4 Å². The highest BCUT2D eigenvalue weighted by atomic mass is 16.2. The maximum Gasteiger partial charge on any atom is 0.325 e. The first-order valence-electron chi connectivity index (χ1n) is 8.30. The minimum atomic E-state index is -1.07.